The van der Waals surface area contributed by atoms with Crippen LogP contribution in [0.25, 0.3) is 0 Å². The first-order valence-corrected chi connectivity index (χ1v) is 5.66. The van der Waals surface area contributed by atoms with E-state index in [4.69, 9.17) is 5.11 Å². The molecule has 16 heavy (non-hydrogen) atoms. The van der Waals surface area contributed by atoms with Crippen LogP contribution >= 0.6 is 0 Å². The zero-order chi connectivity index (χ0) is 11.4. The van der Waals surface area contributed by atoms with Crippen LogP contribution in [-0.4, -0.2) is 34.3 Å². The molecule has 5 heteroatoms. The van der Waals surface area contributed by atoms with Crippen molar-refractivity contribution in [2.45, 2.75) is 19.3 Å². The van der Waals surface area contributed by atoms with Crippen LogP contribution in [0.5, 0.6) is 0 Å². The maximum atomic E-state index is 12.0. The fourth-order valence-electron chi connectivity index (χ4n) is 3.76. The number of carbonyl (C=O) groups is 3. The van der Waals surface area contributed by atoms with Gasteiger partial charge in [-0.1, -0.05) is 0 Å². The van der Waals surface area contributed by atoms with Gasteiger partial charge in [0.2, 0.25) is 11.8 Å². The highest BCUT2D eigenvalue weighted by Crippen LogP contribution is 2.55. The fourth-order valence-corrected chi connectivity index (χ4v) is 3.76. The molecule has 2 saturated carbocycles. The molecule has 1 aliphatic heterocycles. The maximum Gasteiger partial charge on any atom is 0.323 e. The number of carboxylic acids is 1. The van der Waals surface area contributed by atoms with Crippen LogP contribution in [0.4, 0.5) is 0 Å². The minimum atomic E-state index is -1.12. The molecule has 0 aromatic heterocycles. The first kappa shape index (κ1) is 9.81. The molecule has 3 rings (SSSR count). The second kappa shape index (κ2) is 3.06. The van der Waals surface area contributed by atoms with Gasteiger partial charge in [-0.05, 0) is 31.1 Å². The highest BCUT2D eigenvalue weighted by Gasteiger charge is 2.60. The van der Waals surface area contributed by atoms with Crippen molar-refractivity contribution in [3.63, 3.8) is 0 Å². The van der Waals surface area contributed by atoms with Crippen LogP contribution in [0, 0.1) is 23.7 Å². The first-order chi connectivity index (χ1) is 7.59. The Labute approximate surface area is 92.4 Å². The number of imide groups is 1. The first-order valence-electron chi connectivity index (χ1n) is 5.66. The Hall–Kier alpha value is -1.39. The van der Waals surface area contributed by atoms with Crippen LogP contribution < -0.4 is 0 Å². The number of hydrogen-bond acceptors (Lipinski definition) is 3. The molecule has 1 heterocycles. The Morgan fingerprint density at radius 3 is 2.12 bits per heavy atom. The van der Waals surface area contributed by atoms with Gasteiger partial charge in [0, 0.05) is 0 Å². The minimum Gasteiger partial charge on any atom is -0.480 e. The summed E-state index contributed by atoms with van der Waals surface area (Å²) >= 11 is 0. The van der Waals surface area contributed by atoms with Gasteiger partial charge in [-0.15, -0.1) is 0 Å². The second-order valence-electron chi connectivity index (χ2n) is 5.04. The zero-order valence-electron chi connectivity index (χ0n) is 8.76. The number of carbonyl (C=O) groups excluding carboxylic acids is 2. The standard InChI is InChI=1S/C11H13NO4/c13-7(14)4-12-10(15)8-5-1-2-6(3-5)9(8)11(12)16/h5-6,8-9H,1-4H2,(H,13,14). The summed E-state index contributed by atoms with van der Waals surface area (Å²) in [7, 11) is 0. The second-order valence-corrected chi connectivity index (χ2v) is 5.04. The SMILES string of the molecule is O=C(O)CN1C(=O)C2C3CCC(C3)C2C1=O. The molecule has 0 aromatic carbocycles. The van der Waals surface area contributed by atoms with Crippen molar-refractivity contribution in [2.75, 3.05) is 6.54 Å². The van der Waals surface area contributed by atoms with E-state index >= 15 is 0 Å². The van der Waals surface area contributed by atoms with Crippen LogP contribution in [0.1, 0.15) is 19.3 Å². The lowest BCUT2D eigenvalue weighted by atomic mass is 9.81. The number of aliphatic carboxylic acids is 1. The van der Waals surface area contributed by atoms with Crippen LogP contribution in [0.3, 0.4) is 0 Å². The van der Waals surface area contributed by atoms with E-state index in [-0.39, 0.29) is 23.7 Å². The van der Waals surface area contributed by atoms with E-state index in [1.807, 2.05) is 0 Å². The molecule has 4 atom stereocenters. The van der Waals surface area contributed by atoms with E-state index in [2.05, 4.69) is 0 Å². The Balaban J connectivity index is 1.89. The maximum absolute atomic E-state index is 12.0. The molecule has 1 saturated heterocycles. The molecule has 2 bridgehead atoms. The van der Waals surface area contributed by atoms with Crippen molar-refractivity contribution >= 4 is 17.8 Å². The van der Waals surface area contributed by atoms with Crippen LogP contribution in [-0.2, 0) is 14.4 Å². The van der Waals surface area contributed by atoms with Gasteiger partial charge in [0.25, 0.3) is 0 Å². The van der Waals surface area contributed by atoms with Crippen molar-refractivity contribution in [3.05, 3.63) is 0 Å². The predicted octanol–water partition coefficient (Wildman–Crippen LogP) is 0.102. The van der Waals surface area contributed by atoms with E-state index in [0.29, 0.717) is 11.8 Å². The van der Waals surface area contributed by atoms with Gasteiger partial charge in [-0.2, -0.15) is 0 Å². The lowest BCUT2D eigenvalue weighted by Crippen LogP contribution is -2.37. The lowest BCUT2D eigenvalue weighted by Gasteiger charge is -2.19. The van der Waals surface area contributed by atoms with Gasteiger partial charge in [-0.3, -0.25) is 19.3 Å². The molecular formula is C11H13NO4. The summed E-state index contributed by atoms with van der Waals surface area (Å²) in [5, 5.41) is 8.67. The van der Waals surface area contributed by atoms with Crippen LogP contribution in [0.15, 0.2) is 0 Å². The van der Waals surface area contributed by atoms with E-state index in [0.717, 1.165) is 24.2 Å². The summed E-state index contributed by atoms with van der Waals surface area (Å²) in [4.78, 5) is 35.5. The Kier molecular flexibility index (Phi) is 1.87. The summed E-state index contributed by atoms with van der Waals surface area (Å²) in [6.45, 7) is -0.468. The molecule has 0 radical (unpaired) electrons. The largest absolute Gasteiger partial charge is 0.480 e. The molecule has 1 N–H and O–H groups in total. The molecule has 2 amide bonds. The quantitative estimate of drug-likeness (QED) is 0.674. The molecular weight excluding hydrogens is 210 g/mol. The van der Waals surface area contributed by atoms with Crippen molar-refractivity contribution in [1.29, 1.82) is 0 Å². The molecule has 3 aliphatic rings. The molecule has 5 nitrogen and oxygen atoms in total. The van der Waals surface area contributed by atoms with E-state index in [1.165, 1.54) is 0 Å². The summed E-state index contributed by atoms with van der Waals surface area (Å²) in [6.07, 6.45) is 3.02. The molecule has 0 aromatic rings. The number of rotatable bonds is 2. The molecule has 86 valence electrons. The average molecular weight is 223 g/mol. The number of carboxylic acid groups (broad SMARTS) is 1. The number of amides is 2. The van der Waals surface area contributed by atoms with Gasteiger partial charge < -0.3 is 5.11 Å². The van der Waals surface area contributed by atoms with Gasteiger partial charge in [0.05, 0.1) is 11.8 Å². The summed E-state index contributed by atoms with van der Waals surface area (Å²) in [5.74, 6) is -1.37. The van der Waals surface area contributed by atoms with E-state index in [1.54, 1.807) is 0 Å². The zero-order valence-corrected chi connectivity index (χ0v) is 8.76. The monoisotopic (exact) mass is 223 g/mol. The normalized spacial score (nSPS) is 40.6. The molecule has 3 fully saturated rings. The third-order valence-corrected chi connectivity index (χ3v) is 4.31. The van der Waals surface area contributed by atoms with Gasteiger partial charge in [0.15, 0.2) is 0 Å². The molecule has 2 aliphatic carbocycles. The Morgan fingerprint density at radius 1 is 1.19 bits per heavy atom. The Morgan fingerprint density at radius 2 is 1.69 bits per heavy atom. The van der Waals surface area contributed by atoms with Crippen LogP contribution in [0.2, 0.25) is 0 Å². The third-order valence-electron chi connectivity index (χ3n) is 4.31. The Bertz CT molecular complexity index is 363. The topological polar surface area (TPSA) is 74.7 Å². The number of fused-ring (bicyclic) bond motifs is 5. The third kappa shape index (κ3) is 1.08. The highest BCUT2D eigenvalue weighted by molar-refractivity contribution is 6.07. The minimum absolute atomic E-state index is 0.203. The van der Waals surface area contributed by atoms with Crippen molar-refractivity contribution < 1.29 is 19.5 Å². The van der Waals surface area contributed by atoms with E-state index in [9.17, 15) is 14.4 Å². The van der Waals surface area contributed by atoms with Gasteiger partial charge in [-0.25, -0.2) is 0 Å². The predicted molar refractivity (Wildman–Crippen MR) is 52.2 cm³/mol. The van der Waals surface area contributed by atoms with Gasteiger partial charge in [0.1, 0.15) is 6.54 Å². The number of likely N-dealkylation sites (tertiary alicyclic amines) is 1. The van der Waals surface area contributed by atoms with Crippen molar-refractivity contribution in [1.82, 2.24) is 4.90 Å². The molecule has 0 spiro atoms. The number of nitrogens with zero attached hydrogens (tertiary/aromatic N) is 1. The summed E-state index contributed by atoms with van der Waals surface area (Å²) in [5.41, 5.74) is 0. The van der Waals surface area contributed by atoms with E-state index < -0.39 is 12.5 Å². The number of hydrogen-bond donors (Lipinski definition) is 1. The average Bonchev–Trinajstić information content (AvgIpc) is 2.87. The van der Waals surface area contributed by atoms with Crippen molar-refractivity contribution in [3.8, 4) is 0 Å². The lowest BCUT2D eigenvalue weighted by molar-refractivity contribution is -0.149. The molecule has 4 unspecified atom stereocenters. The highest BCUT2D eigenvalue weighted by atomic mass is 16.4. The van der Waals surface area contributed by atoms with Gasteiger partial charge >= 0.3 is 5.97 Å². The van der Waals surface area contributed by atoms with Crippen molar-refractivity contribution in [2.24, 2.45) is 23.7 Å². The summed E-state index contributed by atoms with van der Waals surface area (Å²) in [6, 6.07) is 0. The fraction of sp³-hybridized carbons (Fsp3) is 0.727. The summed E-state index contributed by atoms with van der Waals surface area (Å²) < 4.78 is 0. The smallest absolute Gasteiger partial charge is 0.323 e.